The summed E-state index contributed by atoms with van der Waals surface area (Å²) in [6, 6.07) is 21.6. The summed E-state index contributed by atoms with van der Waals surface area (Å²) < 4.78 is 19.5. The van der Waals surface area contributed by atoms with E-state index in [0.29, 0.717) is 41.7 Å². The molecule has 170 valence electrons. The fraction of sp³-hybridized carbons (Fsp3) is 0.154. The lowest BCUT2D eigenvalue weighted by Crippen LogP contribution is -2.26. The van der Waals surface area contributed by atoms with Crippen LogP contribution in [0.3, 0.4) is 0 Å². The Balaban J connectivity index is 1.32. The second-order valence-electron chi connectivity index (χ2n) is 7.85. The zero-order chi connectivity index (χ0) is 23.5. The lowest BCUT2D eigenvalue weighted by molar-refractivity contribution is -0.118. The summed E-state index contributed by atoms with van der Waals surface area (Å²) in [7, 11) is 0. The summed E-state index contributed by atoms with van der Waals surface area (Å²) in [5.74, 6) is 0.468. The molecule has 2 heterocycles. The van der Waals surface area contributed by atoms with Gasteiger partial charge in [0.05, 0.1) is 15.9 Å². The number of halogens is 1. The van der Waals surface area contributed by atoms with Crippen molar-refractivity contribution in [3.05, 3.63) is 90.1 Å². The Bertz CT molecular complexity index is 1410. The van der Waals surface area contributed by atoms with Crippen molar-refractivity contribution in [3.63, 3.8) is 0 Å². The van der Waals surface area contributed by atoms with Crippen molar-refractivity contribution in [2.75, 3.05) is 4.90 Å². The van der Waals surface area contributed by atoms with Crippen molar-refractivity contribution in [2.24, 2.45) is 0 Å². The molecule has 0 bridgehead atoms. The fourth-order valence-electron chi connectivity index (χ4n) is 3.69. The number of hydrogen-bond acceptors (Lipinski definition) is 6. The minimum absolute atomic E-state index is 0.0494. The predicted octanol–water partition coefficient (Wildman–Crippen LogP) is 6.48. The van der Waals surface area contributed by atoms with Crippen molar-refractivity contribution in [3.8, 4) is 11.4 Å². The van der Waals surface area contributed by atoms with Crippen molar-refractivity contribution in [1.29, 1.82) is 0 Å². The van der Waals surface area contributed by atoms with Gasteiger partial charge in [-0.25, -0.2) is 9.37 Å². The summed E-state index contributed by atoms with van der Waals surface area (Å²) in [6.07, 6.45) is 1.29. The van der Waals surface area contributed by atoms with Gasteiger partial charge in [0.1, 0.15) is 5.82 Å². The first kappa shape index (κ1) is 21.9. The van der Waals surface area contributed by atoms with Crippen molar-refractivity contribution < 1.29 is 13.7 Å². The van der Waals surface area contributed by atoms with Crippen LogP contribution >= 0.6 is 11.3 Å². The van der Waals surface area contributed by atoms with Gasteiger partial charge < -0.3 is 4.52 Å². The van der Waals surface area contributed by atoms with E-state index in [1.165, 1.54) is 23.5 Å². The van der Waals surface area contributed by atoms with E-state index in [9.17, 15) is 9.18 Å². The molecule has 0 saturated heterocycles. The van der Waals surface area contributed by atoms with E-state index in [-0.39, 0.29) is 11.7 Å². The molecule has 0 aliphatic rings. The number of anilines is 2. The number of fused-ring (bicyclic) bond motifs is 1. The van der Waals surface area contributed by atoms with Crippen molar-refractivity contribution in [2.45, 2.75) is 26.2 Å². The molecule has 0 atom stereocenters. The van der Waals surface area contributed by atoms with Crippen LogP contribution in [0.5, 0.6) is 0 Å². The van der Waals surface area contributed by atoms with Gasteiger partial charge in [-0.3, -0.25) is 9.69 Å². The first-order valence-electron chi connectivity index (χ1n) is 10.9. The van der Waals surface area contributed by atoms with Gasteiger partial charge in [0.25, 0.3) is 0 Å². The van der Waals surface area contributed by atoms with E-state index in [0.717, 1.165) is 21.5 Å². The van der Waals surface area contributed by atoms with Crippen LogP contribution in [-0.2, 0) is 11.2 Å². The third-order valence-electron chi connectivity index (χ3n) is 5.43. The number of hydrogen-bond donors (Lipinski definition) is 0. The number of amides is 1. The Morgan fingerprint density at radius 2 is 1.76 bits per heavy atom. The van der Waals surface area contributed by atoms with E-state index in [4.69, 9.17) is 9.51 Å². The molecular formula is C26H21FN4O2S. The van der Waals surface area contributed by atoms with Crippen LogP contribution in [0.1, 0.15) is 24.3 Å². The molecule has 0 aliphatic carbocycles. The molecular weight excluding hydrogens is 451 g/mol. The average molecular weight is 473 g/mol. The number of rotatable bonds is 7. The van der Waals surface area contributed by atoms with E-state index in [1.807, 2.05) is 55.5 Å². The number of thiazole rings is 1. The predicted molar refractivity (Wildman–Crippen MR) is 131 cm³/mol. The third-order valence-corrected chi connectivity index (χ3v) is 6.45. The summed E-state index contributed by atoms with van der Waals surface area (Å²) in [6.45, 7) is 1.98. The number of aromatic nitrogens is 3. The standard InChI is InChI=1S/C26H21FN4O2S/c1-17-7-2-4-9-21(17)31(26-28-20-8-3-5-10-22(20)34-26)24(32)12-6-11-23-29-25(30-33-23)18-13-15-19(27)16-14-18/h2-5,7-10,13-16H,6,11-12H2,1H3. The van der Waals surface area contributed by atoms with Crippen LogP contribution in [0.2, 0.25) is 0 Å². The maximum atomic E-state index is 13.4. The van der Waals surface area contributed by atoms with Crippen LogP contribution in [0.4, 0.5) is 15.2 Å². The highest BCUT2D eigenvalue weighted by atomic mass is 32.1. The van der Waals surface area contributed by atoms with E-state index in [1.54, 1.807) is 17.0 Å². The molecule has 0 unspecified atom stereocenters. The number of benzene rings is 3. The first-order valence-corrected chi connectivity index (χ1v) is 11.7. The SMILES string of the molecule is Cc1ccccc1N(C(=O)CCCc1nc(-c2ccc(F)cc2)no1)c1nc2ccccc2s1. The van der Waals surface area contributed by atoms with Gasteiger partial charge in [-0.2, -0.15) is 4.98 Å². The van der Waals surface area contributed by atoms with E-state index in [2.05, 4.69) is 10.1 Å². The highest BCUT2D eigenvalue weighted by Crippen LogP contribution is 2.35. The van der Waals surface area contributed by atoms with Crippen LogP contribution in [0, 0.1) is 12.7 Å². The zero-order valence-electron chi connectivity index (χ0n) is 18.4. The number of carbonyl (C=O) groups excluding carboxylic acids is 1. The molecule has 0 spiro atoms. The Kier molecular flexibility index (Phi) is 6.14. The van der Waals surface area contributed by atoms with Crippen LogP contribution < -0.4 is 4.90 Å². The summed E-state index contributed by atoms with van der Waals surface area (Å²) in [4.78, 5) is 24.2. The Labute approximate surface area is 199 Å². The van der Waals surface area contributed by atoms with Gasteiger partial charge in [-0.05, 0) is 61.4 Å². The maximum absolute atomic E-state index is 13.4. The lowest BCUT2D eigenvalue weighted by Gasteiger charge is -2.21. The fourth-order valence-corrected chi connectivity index (χ4v) is 4.69. The maximum Gasteiger partial charge on any atom is 0.233 e. The molecule has 0 radical (unpaired) electrons. The first-order chi connectivity index (χ1) is 16.6. The molecule has 2 aromatic heterocycles. The molecule has 0 aliphatic heterocycles. The van der Waals surface area contributed by atoms with Crippen LogP contribution in [0.25, 0.3) is 21.6 Å². The Hall–Kier alpha value is -3.91. The Morgan fingerprint density at radius 1 is 1.00 bits per heavy atom. The summed E-state index contributed by atoms with van der Waals surface area (Å²) in [5.41, 5.74) is 3.36. The second kappa shape index (κ2) is 9.52. The van der Waals surface area contributed by atoms with Crippen molar-refractivity contribution in [1.82, 2.24) is 15.1 Å². The molecule has 0 fully saturated rings. The number of nitrogens with zero attached hydrogens (tertiary/aromatic N) is 4. The minimum Gasteiger partial charge on any atom is -0.339 e. The van der Waals surface area contributed by atoms with Gasteiger partial charge in [-0.1, -0.05) is 46.8 Å². The zero-order valence-corrected chi connectivity index (χ0v) is 19.3. The molecule has 0 saturated carbocycles. The summed E-state index contributed by atoms with van der Waals surface area (Å²) in [5, 5.41) is 4.62. The molecule has 0 N–H and O–H groups in total. The van der Waals surface area contributed by atoms with Gasteiger partial charge >= 0.3 is 0 Å². The van der Waals surface area contributed by atoms with Gasteiger partial charge in [0, 0.05) is 18.4 Å². The van der Waals surface area contributed by atoms with Crippen LogP contribution in [-0.4, -0.2) is 21.0 Å². The molecule has 6 nitrogen and oxygen atoms in total. The van der Waals surface area contributed by atoms with Gasteiger partial charge in [-0.15, -0.1) is 0 Å². The molecule has 3 aromatic carbocycles. The quantitative estimate of drug-likeness (QED) is 0.271. The second-order valence-corrected chi connectivity index (χ2v) is 8.86. The molecule has 34 heavy (non-hydrogen) atoms. The van der Waals surface area contributed by atoms with E-state index < -0.39 is 0 Å². The van der Waals surface area contributed by atoms with E-state index >= 15 is 0 Å². The normalized spacial score (nSPS) is 11.1. The molecule has 8 heteroatoms. The van der Waals surface area contributed by atoms with Crippen LogP contribution in [0.15, 0.2) is 77.3 Å². The third kappa shape index (κ3) is 4.58. The average Bonchev–Trinajstić information content (AvgIpc) is 3.48. The Morgan fingerprint density at radius 3 is 2.56 bits per heavy atom. The van der Waals surface area contributed by atoms with Crippen molar-refractivity contribution >= 4 is 38.3 Å². The molecule has 1 amide bonds. The largest absolute Gasteiger partial charge is 0.339 e. The highest BCUT2D eigenvalue weighted by Gasteiger charge is 2.23. The monoisotopic (exact) mass is 472 g/mol. The molecule has 5 aromatic rings. The smallest absolute Gasteiger partial charge is 0.233 e. The lowest BCUT2D eigenvalue weighted by atomic mass is 10.1. The topological polar surface area (TPSA) is 72.1 Å². The highest BCUT2D eigenvalue weighted by molar-refractivity contribution is 7.22. The number of carbonyl (C=O) groups is 1. The minimum atomic E-state index is -0.322. The van der Waals surface area contributed by atoms with Gasteiger partial charge in [0.2, 0.25) is 17.6 Å². The number of aryl methyl sites for hydroxylation is 2. The van der Waals surface area contributed by atoms with Gasteiger partial charge in [0.15, 0.2) is 5.13 Å². The number of para-hydroxylation sites is 2. The summed E-state index contributed by atoms with van der Waals surface area (Å²) >= 11 is 1.50. The molecule has 5 rings (SSSR count).